The maximum absolute atomic E-state index is 10.2. The number of rotatable bonds is 8. The van der Waals surface area contributed by atoms with Crippen LogP contribution in [0.25, 0.3) is 5.73 Å². The first-order valence-electron chi connectivity index (χ1n) is 9.57. The minimum atomic E-state index is -0.413. The van der Waals surface area contributed by atoms with Crippen LogP contribution in [0.2, 0.25) is 13.1 Å². The van der Waals surface area contributed by atoms with E-state index >= 15 is 0 Å². The molecule has 0 fully saturated rings. The summed E-state index contributed by atoms with van der Waals surface area (Å²) in [6, 6.07) is 0. The summed E-state index contributed by atoms with van der Waals surface area (Å²) in [4.78, 5) is 10.2. The summed E-state index contributed by atoms with van der Waals surface area (Å²) in [7, 11) is 0.750. The third-order valence-corrected chi connectivity index (χ3v) is 4.24. The van der Waals surface area contributed by atoms with Gasteiger partial charge in [-0.2, -0.15) is 11.1 Å². The van der Waals surface area contributed by atoms with Crippen molar-refractivity contribution in [3.05, 3.63) is 28.5 Å². The molecular formula is C21H40Cl2HfNOSi. The third kappa shape index (κ3) is 24.6. The Kier molecular flexibility index (Phi) is 37.7. The van der Waals surface area contributed by atoms with Gasteiger partial charge in [0.15, 0.2) is 0 Å². The third-order valence-electron chi connectivity index (χ3n) is 4.24. The molecule has 27 heavy (non-hydrogen) atoms. The van der Waals surface area contributed by atoms with Crippen molar-refractivity contribution in [2.45, 2.75) is 99.1 Å². The quantitative estimate of drug-likeness (QED) is 0.233. The Morgan fingerprint density at radius 1 is 1.00 bits per heavy atom. The molecule has 1 rings (SSSR count). The number of hydrogen-bond donors (Lipinski definition) is 0. The van der Waals surface area contributed by atoms with Crippen LogP contribution < -0.4 is 24.8 Å². The van der Waals surface area contributed by atoms with Crippen molar-refractivity contribution in [1.29, 1.82) is 0 Å². The van der Waals surface area contributed by atoms with Crippen LogP contribution in [-0.2, 0) is 30.6 Å². The van der Waals surface area contributed by atoms with Crippen LogP contribution >= 0.6 is 0 Å². The molecule has 1 aliphatic carbocycles. The average Bonchev–Trinajstić information content (AvgIpc) is 2.74. The van der Waals surface area contributed by atoms with Crippen molar-refractivity contribution in [1.82, 2.24) is 0 Å². The summed E-state index contributed by atoms with van der Waals surface area (Å²) in [6.07, 6.45) is 12.3. The smallest absolute Gasteiger partial charge is 1.00 e. The van der Waals surface area contributed by atoms with Crippen molar-refractivity contribution in [3.63, 3.8) is 0 Å². The van der Waals surface area contributed by atoms with Gasteiger partial charge >= 0.3 is 25.8 Å². The van der Waals surface area contributed by atoms with Gasteiger partial charge in [0.25, 0.3) is 0 Å². The van der Waals surface area contributed by atoms with Gasteiger partial charge in [0.2, 0.25) is 0 Å². The molecule has 1 radical (unpaired) electrons. The monoisotopic (exact) mass is 600 g/mol. The normalized spacial score (nSPS) is 14.2. The number of hydrogen-bond acceptors (Lipinski definition) is 1. The van der Waals surface area contributed by atoms with E-state index in [0.717, 1.165) is 22.4 Å². The molecule has 0 bridgehead atoms. The van der Waals surface area contributed by atoms with Gasteiger partial charge in [-0.05, 0) is 12.8 Å². The molecule has 0 aliphatic heterocycles. The number of amides is 1. The summed E-state index contributed by atoms with van der Waals surface area (Å²) in [5.41, 5.74) is 10.9. The molecule has 0 aromatic heterocycles. The summed E-state index contributed by atoms with van der Waals surface area (Å²) in [6.45, 7) is 15.3. The fourth-order valence-electron chi connectivity index (χ4n) is 2.40. The molecule has 1 aliphatic rings. The first-order chi connectivity index (χ1) is 11.3. The standard InChI is InChI=1S/C10H21NO.C9H13.C2H7Si.2ClH.Hf/c1-2-3-4-5-6-7-8-9-10(11)12;1-6-5-7(2)9(4)8(6)3;1-3-2;;;/h2-9H2,1H3,(H2,11,12);6H,1-4H3;3H,1-2H3;2*1H;/q;-1;;;;+4/p-3. The molecule has 2 nitrogen and oxygen atoms in total. The van der Waals surface area contributed by atoms with Crippen LogP contribution in [0.1, 0.15) is 86.0 Å². The average molecular weight is 600 g/mol. The van der Waals surface area contributed by atoms with E-state index < -0.39 is 5.91 Å². The molecule has 1 unspecified atom stereocenters. The summed E-state index contributed by atoms with van der Waals surface area (Å²) in [5.74, 6) is 0.147. The molecule has 1 N–H and O–H groups in total. The number of carbonyl (C=O) groups excluding carboxylic acids is 1. The Hall–Kier alpha value is 0.617. The van der Waals surface area contributed by atoms with Gasteiger partial charge in [-0.25, -0.2) is 5.57 Å². The summed E-state index contributed by atoms with van der Waals surface area (Å²) in [5, 5.41) is 0. The zero-order chi connectivity index (χ0) is 19.0. The van der Waals surface area contributed by atoms with Crippen LogP contribution in [0.5, 0.6) is 0 Å². The number of carbonyl (C=O) groups is 1. The van der Waals surface area contributed by atoms with E-state index in [1.807, 2.05) is 0 Å². The van der Waals surface area contributed by atoms with Crippen LogP contribution in [-0.4, -0.2) is 15.4 Å². The molecule has 0 aromatic carbocycles. The molecule has 0 spiro atoms. The second-order valence-electron chi connectivity index (χ2n) is 6.67. The van der Waals surface area contributed by atoms with Crippen LogP contribution in [0.3, 0.4) is 0 Å². The van der Waals surface area contributed by atoms with E-state index in [9.17, 15) is 4.79 Å². The van der Waals surface area contributed by atoms with Crippen molar-refractivity contribution >= 4 is 15.4 Å². The van der Waals surface area contributed by atoms with Crippen molar-refractivity contribution in [2.24, 2.45) is 5.92 Å². The van der Waals surface area contributed by atoms with Crippen LogP contribution in [0.4, 0.5) is 0 Å². The van der Waals surface area contributed by atoms with E-state index in [0.29, 0.717) is 12.3 Å². The van der Waals surface area contributed by atoms with Gasteiger partial charge in [0.1, 0.15) is 0 Å². The Balaban J connectivity index is -0.0000000966. The second kappa shape index (κ2) is 26.6. The molecule has 0 aromatic rings. The Labute approximate surface area is 203 Å². The van der Waals surface area contributed by atoms with E-state index in [4.69, 9.17) is 5.73 Å². The van der Waals surface area contributed by atoms with Crippen molar-refractivity contribution in [2.75, 3.05) is 0 Å². The first-order valence-corrected chi connectivity index (χ1v) is 11.9. The second-order valence-corrected chi connectivity index (χ2v) is 7.83. The fraction of sp³-hybridized carbons (Fsp3) is 0.762. The summed E-state index contributed by atoms with van der Waals surface area (Å²) >= 11 is 0. The van der Waals surface area contributed by atoms with Gasteiger partial charge < -0.3 is 35.3 Å². The number of allylic oxidation sites excluding steroid dienone is 4. The zero-order valence-corrected chi connectivity index (χ0v) is 24.7. The Morgan fingerprint density at radius 3 is 1.67 bits per heavy atom. The maximum Gasteiger partial charge on any atom is 4.00 e. The largest absolute Gasteiger partial charge is 4.00 e. The zero-order valence-electron chi connectivity index (χ0n) is 18.5. The Bertz CT molecular complexity index is 402. The molecule has 157 valence electrons. The SMILES string of the molecule is CC1=[C-]C(C)C(C)=C1C.CCCCCCCCCC([NH-])=O.C[SiH]C.[Cl-].[Cl-].[Hf+4]. The minimum absolute atomic E-state index is 0. The predicted octanol–water partition coefficient (Wildman–Crippen LogP) is 0.952. The van der Waals surface area contributed by atoms with Crippen LogP contribution in [0, 0.1) is 12.0 Å². The molecule has 0 saturated carbocycles. The van der Waals surface area contributed by atoms with E-state index in [1.54, 1.807) is 0 Å². The van der Waals surface area contributed by atoms with Crippen LogP contribution in [0.15, 0.2) is 16.7 Å². The van der Waals surface area contributed by atoms with Crippen molar-refractivity contribution in [3.8, 4) is 0 Å². The maximum atomic E-state index is 10.2. The van der Waals surface area contributed by atoms with E-state index in [1.165, 1.54) is 48.8 Å². The van der Waals surface area contributed by atoms with Gasteiger partial charge in [-0.15, -0.1) is 6.92 Å². The topological polar surface area (TPSA) is 40.9 Å². The van der Waals surface area contributed by atoms with Gasteiger partial charge in [-0.3, -0.25) is 6.08 Å². The number of nitrogens with one attached hydrogen (secondary N) is 1. The summed E-state index contributed by atoms with van der Waals surface area (Å²) < 4.78 is 0. The molecule has 1 amide bonds. The van der Waals surface area contributed by atoms with Gasteiger partial charge in [0.05, 0.1) is 0 Å². The Morgan fingerprint density at radius 2 is 1.41 bits per heavy atom. The predicted molar refractivity (Wildman–Crippen MR) is 111 cm³/mol. The number of halogens is 2. The van der Waals surface area contributed by atoms with E-state index in [-0.39, 0.29) is 50.7 Å². The molecular weight excluding hydrogens is 560 g/mol. The fourth-order valence-corrected chi connectivity index (χ4v) is 2.40. The van der Waals surface area contributed by atoms with E-state index in [2.05, 4.69) is 53.8 Å². The molecule has 0 heterocycles. The molecule has 1 atom stereocenters. The van der Waals surface area contributed by atoms with Gasteiger partial charge in [-0.1, -0.05) is 85.2 Å². The number of unbranched alkanes of at least 4 members (excludes halogenated alkanes) is 6. The molecule has 0 saturated heterocycles. The van der Waals surface area contributed by atoms with Gasteiger partial charge in [0, 0.05) is 15.4 Å². The minimum Gasteiger partial charge on any atom is -1.00 e. The van der Waals surface area contributed by atoms with Crippen molar-refractivity contribution < 1.29 is 55.5 Å². The first kappa shape index (κ1) is 38.2. The molecule has 6 heteroatoms.